The lowest BCUT2D eigenvalue weighted by molar-refractivity contribution is -0.140. The third-order valence-corrected chi connectivity index (χ3v) is 2.37. The third kappa shape index (κ3) is 5.39. The van der Waals surface area contributed by atoms with Gasteiger partial charge in [0, 0.05) is 0 Å². The summed E-state index contributed by atoms with van der Waals surface area (Å²) in [4.78, 5) is 34.0. The molecular formula is C13H16N2O6. The molecule has 0 heterocycles. The van der Waals surface area contributed by atoms with Gasteiger partial charge in [-0.1, -0.05) is 12.1 Å². The van der Waals surface area contributed by atoms with Gasteiger partial charge in [0.05, 0.1) is 12.3 Å². The topological polar surface area (TPSA) is 116 Å². The van der Waals surface area contributed by atoms with E-state index in [9.17, 15) is 14.4 Å². The highest BCUT2D eigenvalue weighted by Gasteiger charge is 2.20. The predicted octanol–water partition coefficient (Wildman–Crippen LogP) is 1.09. The predicted molar refractivity (Wildman–Crippen MR) is 73.5 cm³/mol. The lowest BCUT2D eigenvalue weighted by atomic mass is 10.3. The lowest BCUT2D eigenvalue weighted by Gasteiger charge is -2.20. The number of carboxylic acids is 2. The maximum atomic E-state index is 12.0. The summed E-state index contributed by atoms with van der Waals surface area (Å²) in [6, 6.07) is 5.76. The van der Waals surface area contributed by atoms with Crippen LogP contribution in [0.3, 0.4) is 0 Å². The van der Waals surface area contributed by atoms with Crippen LogP contribution >= 0.6 is 0 Å². The molecule has 0 unspecified atom stereocenters. The summed E-state index contributed by atoms with van der Waals surface area (Å²) in [5, 5.41) is 19.9. The van der Waals surface area contributed by atoms with Crippen LogP contribution in [0.4, 0.5) is 10.5 Å². The smallest absolute Gasteiger partial charge is 0.323 e. The van der Waals surface area contributed by atoms with E-state index in [4.69, 9.17) is 14.9 Å². The molecule has 0 aliphatic rings. The first-order chi connectivity index (χ1) is 9.93. The fourth-order valence-corrected chi connectivity index (χ4v) is 1.57. The van der Waals surface area contributed by atoms with Gasteiger partial charge in [-0.25, -0.2) is 4.79 Å². The quantitative estimate of drug-likeness (QED) is 0.693. The Morgan fingerprint density at radius 3 is 2.24 bits per heavy atom. The summed E-state index contributed by atoms with van der Waals surface area (Å²) in [6.07, 6.45) is 0. The zero-order chi connectivity index (χ0) is 15.8. The molecule has 3 N–H and O–H groups in total. The number of anilines is 1. The Hall–Kier alpha value is -2.77. The number of nitrogens with one attached hydrogen (secondary N) is 1. The Bertz CT molecular complexity index is 515. The van der Waals surface area contributed by atoms with Gasteiger partial charge < -0.3 is 25.2 Å². The fourth-order valence-electron chi connectivity index (χ4n) is 1.57. The normalized spacial score (nSPS) is 9.76. The maximum Gasteiger partial charge on any atom is 0.323 e. The zero-order valence-electron chi connectivity index (χ0n) is 11.4. The van der Waals surface area contributed by atoms with Gasteiger partial charge in [-0.05, 0) is 19.1 Å². The van der Waals surface area contributed by atoms with Crippen molar-refractivity contribution in [2.45, 2.75) is 6.92 Å². The van der Waals surface area contributed by atoms with Crippen LogP contribution in [-0.2, 0) is 9.59 Å². The minimum atomic E-state index is -1.30. The van der Waals surface area contributed by atoms with Crippen LogP contribution in [0.15, 0.2) is 24.3 Å². The highest BCUT2D eigenvalue weighted by atomic mass is 16.5. The second kappa shape index (κ2) is 7.73. The van der Waals surface area contributed by atoms with Gasteiger partial charge in [0.15, 0.2) is 0 Å². The van der Waals surface area contributed by atoms with Crippen molar-refractivity contribution in [3.05, 3.63) is 24.3 Å². The van der Waals surface area contributed by atoms with E-state index in [-0.39, 0.29) is 0 Å². The van der Waals surface area contributed by atoms with Crippen molar-refractivity contribution < 1.29 is 29.3 Å². The minimum Gasteiger partial charge on any atom is -0.492 e. The van der Waals surface area contributed by atoms with E-state index in [1.165, 1.54) is 0 Å². The lowest BCUT2D eigenvalue weighted by Crippen LogP contribution is -2.42. The molecule has 21 heavy (non-hydrogen) atoms. The average molecular weight is 296 g/mol. The average Bonchev–Trinajstić information content (AvgIpc) is 2.39. The molecular weight excluding hydrogens is 280 g/mol. The molecule has 0 saturated heterocycles. The molecule has 114 valence electrons. The first-order valence-corrected chi connectivity index (χ1v) is 6.15. The van der Waals surface area contributed by atoms with Gasteiger partial charge in [0.25, 0.3) is 0 Å². The summed E-state index contributed by atoms with van der Waals surface area (Å²) in [6.45, 7) is 0.741. The van der Waals surface area contributed by atoms with E-state index in [2.05, 4.69) is 5.32 Å². The molecule has 0 aromatic heterocycles. The maximum absolute atomic E-state index is 12.0. The van der Waals surface area contributed by atoms with E-state index < -0.39 is 31.1 Å². The Labute approximate surface area is 120 Å². The number of para-hydroxylation sites is 2. The SMILES string of the molecule is CCOc1ccccc1NC(=O)N(CC(=O)O)CC(=O)O. The summed E-state index contributed by atoms with van der Waals surface area (Å²) in [5.74, 6) is -2.19. The first kappa shape index (κ1) is 16.3. The van der Waals surface area contributed by atoms with Crippen LogP contribution in [0.25, 0.3) is 0 Å². The second-order valence-electron chi connectivity index (χ2n) is 4.00. The van der Waals surface area contributed by atoms with Gasteiger partial charge >= 0.3 is 18.0 Å². The molecule has 1 aromatic rings. The van der Waals surface area contributed by atoms with Gasteiger partial charge in [-0.3, -0.25) is 9.59 Å². The highest BCUT2D eigenvalue weighted by molar-refractivity contribution is 5.94. The first-order valence-electron chi connectivity index (χ1n) is 6.15. The highest BCUT2D eigenvalue weighted by Crippen LogP contribution is 2.23. The molecule has 0 atom stereocenters. The largest absolute Gasteiger partial charge is 0.492 e. The fraction of sp³-hybridized carbons (Fsp3) is 0.308. The summed E-state index contributed by atoms with van der Waals surface area (Å²) < 4.78 is 5.31. The number of aliphatic carboxylic acids is 2. The van der Waals surface area contributed by atoms with E-state index in [0.29, 0.717) is 22.9 Å². The van der Waals surface area contributed by atoms with Crippen molar-refractivity contribution >= 4 is 23.7 Å². The molecule has 0 aliphatic heterocycles. The molecule has 0 bridgehead atoms. The number of ether oxygens (including phenoxy) is 1. The van der Waals surface area contributed by atoms with E-state index in [1.54, 1.807) is 31.2 Å². The Balaban J connectivity index is 2.85. The summed E-state index contributed by atoms with van der Waals surface area (Å²) in [5.41, 5.74) is 0.338. The molecule has 0 saturated carbocycles. The zero-order valence-corrected chi connectivity index (χ0v) is 11.4. The van der Waals surface area contributed by atoms with Gasteiger partial charge in [-0.15, -0.1) is 0 Å². The molecule has 8 nitrogen and oxygen atoms in total. The number of hydrogen-bond donors (Lipinski definition) is 3. The molecule has 2 amide bonds. The van der Waals surface area contributed by atoms with E-state index in [0.717, 1.165) is 0 Å². The van der Waals surface area contributed by atoms with Crippen molar-refractivity contribution in [3.8, 4) is 5.75 Å². The van der Waals surface area contributed by atoms with Crippen molar-refractivity contribution in [2.75, 3.05) is 25.0 Å². The molecule has 0 fully saturated rings. The molecule has 1 rings (SSSR count). The Morgan fingerprint density at radius 1 is 1.14 bits per heavy atom. The molecule has 0 radical (unpaired) electrons. The monoisotopic (exact) mass is 296 g/mol. The second-order valence-corrected chi connectivity index (χ2v) is 4.00. The Kier molecular flexibility index (Phi) is 5.99. The Morgan fingerprint density at radius 2 is 1.71 bits per heavy atom. The van der Waals surface area contributed by atoms with Gasteiger partial charge in [0.2, 0.25) is 0 Å². The molecule has 8 heteroatoms. The van der Waals surface area contributed by atoms with Crippen LogP contribution in [0.2, 0.25) is 0 Å². The van der Waals surface area contributed by atoms with Crippen molar-refractivity contribution in [1.29, 1.82) is 0 Å². The summed E-state index contributed by atoms with van der Waals surface area (Å²) >= 11 is 0. The standard InChI is InChI=1S/C13H16N2O6/c1-2-21-10-6-4-3-5-9(10)14-13(20)15(7-11(16)17)8-12(18)19/h3-6H,2,7-8H2,1H3,(H,14,20)(H,16,17)(H,18,19). The van der Waals surface area contributed by atoms with Crippen molar-refractivity contribution in [3.63, 3.8) is 0 Å². The van der Waals surface area contributed by atoms with Crippen LogP contribution in [0, 0.1) is 0 Å². The van der Waals surface area contributed by atoms with Crippen LogP contribution in [-0.4, -0.2) is 52.8 Å². The van der Waals surface area contributed by atoms with Crippen molar-refractivity contribution in [2.24, 2.45) is 0 Å². The number of hydrogen-bond acceptors (Lipinski definition) is 4. The van der Waals surface area contributed by atoms with Gasteiger partial charge in [-0.2, -0.15) is 0 Å². The van der Waals surface area contributed by atoms with Gasteiger partial charge in [0.1, 0.15) is 18.8 Å². The number of nitrogens with zero attached hydrogens (tertiary/aromatic N) is 1. The minimum absolute atomic E-state index is 0.338. The summed E-state index contributed by atoms with van der Waals surface area (Å²) in [7, 11) is 0. The number of amides is 2. The van der Waals surface area contributed by atoms with Crippen molar-refractivity contribution in [1.82, 2.24) is 4.90 Å². The number of urea groups is 1. The molecule has 0 spiro atoms. The van der Waals surface area contributed by atoms with Crippen LogP contribution in [0.5, 0.6) is 5.75 Å². The number of rotatable bonds is 7. The number of benzene rings is 1. The molecule has 1 aromatic carbocycles. The number of carbonyl (C=O) groups excluding carboxylic acids is 1. The third-order valence-electron chi connectivity index (χ3n) is 2.37. The number of carboxylic acid groups (broad SMARTS) is 2. The van der Waals surface area contributed by atoms with E-state index >= 15 is 0 Å². The van der Waals surface area contributed by atoms with Crippen LogP contribution in [0.1, 0.15) is 6.92 Å². The molecule has 0 aliphatic carbocycles. The van der Waals surface area contributed by atoms with E-state index in [1.807, 2.05) is 0 Å². The number of carbonyl (C=O) groups is 3. The van der Waals surface area contributed by atoms with Crippen LogP contribution < -0.4 is 10.1 Å².